The van der Waals surface area contributed by atoms with Crippen molar-refractivity contribution in [2.24, 2.45) is 13.0 Å². The van der Waals surface area contributed by atoms with Crippen molar-refractivity contribution in [2.75, 3.05) is 6.54 Å². The fourth-order valence-electron chi connectivity index (χ4n) is 1.34. The predicted octanol–water partition coefficient (Wildman–Crippen LogP) is 1.17. The van der Waals surface area contributed by atoms with Gasteiger partial charge in [-0.2, -0.15) is 0 Å². The van der Waals surface area contributed by atoms with Crippen LogP contribution in [0.3, 0.4) is 0 Å². The number of nitrogens with zero attached hydrogens (tertiary/aromatic N) is 2. The minimum atomic E-state index is -0.198. The summed E-state index contributed by atoms with van der Waals surface area (Å²) >= 11 is 1.39. The Kier molecular flexibility index (Phi) is 5.68. The third-order valence-electron chi connectivity index (χ3n) is 2.54. The number of amides is 1. The van der Waals surface area contributed by atoms with Crippen LogP contribution >= 0.6 is 11.8 Å². The molecule has 1 amide bonds. The highest BCUT2D eigenvalue weighted by atomic mass is 32.2. The minimum absolute atomic E-state index is 0.0160. The zero-order valence-electron chi connectivity index (χ0n) is 11.3. The van der Waals surface area contributed by atoms with Gasteiger partial charge in [0.15, 0.2) is 5.16 Å². The molecule has 0 aliphatic carbocycles. The van der Waals surface area contributed by atoms with E-state index in [1.165, 1.54) is 11.8 Å². The van der Waals surface area contributed by atoms with Crippen molar-refractivity contribution in [2.45, 2.75) is 37.8 Å². The highest BCUT2D eigenvalue weighted by molar-refractivity contribution is 8.00. The van der Waals surface area contributed by atoms with E-state index in [-0.39, 0.29) is 17.8 Å². The minimum Gasteiger partial charge on any atom is -0.390 e. The maximum absolute atomic E-state index is 11.8. The molecular formula is C12H21N3O2S. The Morgan fingerprint density at radius 2 is 2.22 bits per heavy atom. The predicted molar refractivity (Wildman–Crippen MR) is 72.3 cm³/mol. The van der Waals surface area contributed by atoms with Crippen LogP contribution in [0.15, 0.2) is 11.4 Å². The van der Waals surface area contributed by atoms with Gasteiger partial charge in [0, 0.05) is 13.6 Å². The summed E-state index contributed by atoms with van der Waals surface area (Å²) in [5.74, 6) is 0.461. The number of aromatic nitrogens is 2. The number of rotatable bonds is 6. The van der Waals surface area contributed by atoms with Crippen LogP contribution in [-0.4, -0.2) is 32.4 Å². The summed E-state index contributed by atoms with van der Waals surface area (Å²) in [6.07, 6.45) is 1.63. The fraction of sp³-hybridized carbons (Fsp3) is 0.667. The van der Waals surface area contributed by atoms with Crippen molar-refractivity contribution in [3.05, 3.63) is 11.9 Å². The standard InChI is InChI=1S/C12H21N3O2S/c1-8(2)5-13-11(17)9(3)18-12-14-6-10(7-16)15(12)4/h6,8-9,16H,5,7H2,1-4H3,(H,13,17). The lowest BCUT2D eigenvalue weighted by molar-refractivity contribution is -0.120. The maximum atomic E-state index is 11.8. The zero-order valence-corrected chi connectivity index (χ0v) is 12.1. The van der Waals surface area contributed by atoms with E-state index in [2.05, 4.69) is 24.1 Å². The topological polar surface area (TPSA) is 67.2 Å². The highest BCUT2D eigenvalue weighted by Crippen LogP contribution is 2.22. The molecule has 1 aromatic heterocycles. The molecule has 1 rings (SSSR count). The number of aliphatic hydroxyl groups is 1. The summed E-state index contributed by atoms with van der Waals surface area (Å²) in [6, 6.07) is 0. The van der Waals surface area contributed by atoms with E-state index in [9.17, 15) is 4.79 Å². The van der Waals surface area contributed by atoms with E-state index in [4.69, 9.17) is 5.11 Å². The van der Waals surface area contributed by atoms with Gasteiger partial charge >= 0.3 is 0 Å². The molecular weight excluding hydrogens is 250 g/mol. The first-order chi connectivity index (χ1) is 8.45. The SMILES string of the molecule is CC(C)CNC(=O)C(C)Sc1ncc(CO)n1C. The molecule has 102 valence electrons. The third kappa shape index (κ3) is 4.03. The lowest BCUT2D eigenvalue weighted by Gasteiger charge is -2.13. The number of aliphatic hydroxyl groups excluding tert-OH is 1. The van der Waals surface area contributed by atoms with Gasteiger partial charge in [0.25, 0.3) is 0 Å². The molecule has 18 heavy (non-hydrogen) atoms. The van der Waals surface area contributed by atoms with Crippen molar-refractivity contribution in [3.63, 3.8) is 0 Å². The number of imidazole rings is 1. The highest BCUT2D eigenvalue weighted by Gasteiger charge is 2.17. The van der Waals surface area contributed by atoms with Crippen LogP contribution in [0, 0.1) is 5.92 Å². The average molecular weight is 271 g/mol. The molecule has 0 bridgehead atoms. The maximum Gasteiger partial charge on any atom is 0.233 e. The Labute approximate surface area is 112 Å². The van der Waals surface area contributed by atoms with Crippen LogP contribution in [0.2, 0.25) is 0 Å². The summed E-state index contributed by atoms with van der Waals surface area (Å²) < 4.78 is 1.80. The molecule has 1 unspecified atom stereocenters. The number of nitrogens with one attached hydrogen (secondary N) is 1. The van der Waals surface area contributed by atoms with Gasteiger partial charge < -0.3 is 15.0 Å². The number of hydrogen-bond donors (Lipinski definition) is 2. The van der Waals surface area contributed by atoms with E-state index in [0.29, 0.717) is 12.5 Å². The van der Waals surface area contributed by atoms with Crippen LogP contribution in [0.4, 0.5) is 0 Å². The average Bonchev–Trinajstić information content (AvgIpc) is 2.67. The normalized spacial score (nSPS) is 12.8. The quantitative estimate of drug-likeness (QED) is 0.762. The largest absolute Gasteiger partial charge is 0.390 e. The molecule has 0 aliphatic rings. The molecule has 6 heteroatoms. The Balaban J connectivity index is 2.55. The smallest absolute Gasteiger partial charge is 0.233 e. The van der Waals surface area contributed by atoms with Crippen LogP contribution in [0.25, 0.3) is 0 Å². The number of carbonyl (C=O) groups is 1. The fourth-order valence-corrected chi connectivity index (χ4v) is 2.24. The second-order valence-electron chi connectivity index (χ2n) is 4.65. The lowest BCUT2D eigenvalue weighted by atomic mass is 10.2. The molecule has 5 nitrogen and oxygen atoms in total. The van der Waals surface area contributed by atoms with Gasteiger partial charge in [-0.3, -0.25) is 4.79 Å². The lowest BCUT2D eigenvalue weighted by Crippen LogP contribution is -2.33. The molecule has 0 aliphatic heterocycles. The van der Waals surface area contributed by atoms with Gasteiger partial charge in [0.1, 0.15) is 0 Å². The Hall–Kier alpha value is -1.01. The Morgan fingerprint density at radius 3 is 2.72 bits per heavy atom. The molecule has 1 heterocycles. The number of hydrogen-bond acceptors (Lipinski definition) is 4. The Bertz CT molecular complexity index is 404. The molecule has 2 N–H and O–H groups in total. The van der Waals surface area contributed by atoms with Crippen molar-refractivity contribution in [1.29, 1.82) is 0 Å². The van der Waals surface area contributed by atoms with Gasteiger partial charge in [-0.15, -0.1) is 0 Å². The van der Waals surface area contributed by atoms with Crippen LogP contribution in [0.5, 0.6) is 0 Å². The summed E-state index contributed by atoms with van der Waals surface area (Å²) in [5, 5.41) is 12.5. The van der Waals surface area contributed by atoms with E-state index >= 15 is 0 Å². The van der Waals surface area contributed by atoms with Crippen molar-refractivity contribution >= 4 is 17.7 Å². The third-order valence-corrected chi connectivity index (χ3v) is 3.70. The molecule has 0 fully saturated rings. The summed E-state index contributed by atoms with van der Waals surface area (Å²) in [6.45, 7) is 6.62. The van der Waals surface area contributed by atoms with Gasteiger partial charge in [-0.25, -0.2) is 4.98 Å². The van der Waals surface area contributed by atoms with E-state index in [0.717, 1.165) is 10.9 Å². The Morgan fingerprint density at radius 1 is 1.56 bits per heavy atom. The van der Waals surface area contributed by atoms with Crippen molar-refractivity contribution in [3.8, 4) is 0 Å². The molecule has 0 aromatic carbocycles. The zero-order chi connectivity index (χ0) is 13.7. The van der Waals surface area contributed by atoms with Crippen LogP contribution in [-0.2, 0) is 18.4 Å². The van der Waals surface area contributed by atoms with Crippen LogP contribution in [0.1, 0.15) is 26.5 Å². The first-order valence-electron chi connectivity index (χ1n) is 6.01. The van der Waals surface area contributed by atoms with Crippen molar-refractivity contribution < 1.29 is 9.90 Å². The van der Waals surface area contributed by atoms with E-state index in [1.54, 1.807) is 10.8 Å². The summed E-state index contributed by atoms with van der Waals surface area (Å²) in [4.78, 5) is 16.0. The van der Waals surface area contributed by atoms with Gasteiger partial charge in [0.05, 0.1) is 23.7 Å². The summed E-state index contributed by atoms with van der Waals surface area (Å²) in [5.41, 5.74) is 0.743. The first kappa shape index (κ1) is 15.0. The van der Waals surface area contributed by atoms with Gasteiger partial charge in [-0.1, -0.05) is 25.6 Å². The van der Waals surface area contributed by atoms with Gasteiger partial charge in [-0.05, 0) is 12.8 Å². The van der Waals surface area contributed by atoms with E-state index < -0.39 is 0 Å². The number of carbonyl (C=O) groups excluding carboxylic acids is 1. The van der Waals surface area contributed by atoms with Crippen molar-refractivity contribution in [1.82, 2.24) is 14.9 Å². The molecule has 0 spiro atoms. The second kappa shape index (κ2) is 6.80. The monoisotopic (exact) mass is 271 g/mol. The second-order valence-corrected chi connectivity index (χ2v) is 5.96. The molecule has 0 saturated heterocycles. The van der Waals surface area contributed by atoms with E-state index in [1.807, 2.05) is 14.0 Å². The molecule has 1 atom stereocenters. The summed E-state index contributed by atoms with van der Waals surface area (Å²) in [7, 11) is 1.83. The molecule has 1 aromatic rings. The first-order valence-corrected chi connectivity index (χ1v) is 6.89. The molecule has 0 saturated carbocycles. The number of thioether (sulfide) groups is 1. The van der Waals surface area contributed by atoms with Crippen LogP contribution < -0.4 is 5.32 Å². The van der Waals surface area contributed by atoms with Gasteiger partial charge in [0.2, 0.25) is 5.91 Å². The molecule has 0 radical (unpaired) electrons.